The Kier molecular flexibility index (Phi) is 4.91. The molecule has 2 fully saturated rings. The summed E-state index contributed by atoms with van der Waals surface area (Å²) in [5, 5.41) is 3.51. The summed E-state index contributed by atoms with van der Waals surface area (Å²) in [7, 11) is 0. The third kappa shape index (κ3) is 4.52. The molecule has 3 heteroatoms. The van der Waals surface area contributed by atoms with Gasteiger partial charge in [0.1, 0.15) is 0 Å². The fourth-order valence-electron chi connectivity index (χ4n) is 3.05. The Bertz CT molecular complexity index is 441. The molecule has 3 rings (SSSR count). The molecule has 3 atom stereocenters. The van der Waals surface area contributed by atoms with Crippen LogP contribution in [0.3, 0.4) is 0 Å². The summed E-state index contributed by atoms with van der Waals surface area (Å²) < 4.78 is 6.06. The van der Waals surface area contributed by atoms with Crippen LogP contribution in [0.15, 0.2) is 18.3 Å². The van der Waals surface area contributed by atoms with Crippen LogP contribution in [-0.2, 0) is 17.9 Å². The topological polar surface area (TPSA) is 34.1 Å². The lowest BCUT2D eigenvalue weighted by Gasteiger charge is -2.31. The van der Waals surface area contributed by atoms with E-state index in [-0.39, 0.29) is 0 Å². The van der Waals surface area contributed by atoms with Crippen molar-refractivity contribution in [3.05, 3.63) is 29.6 Å². The zero-order valence-electron chi connectivity index (χ0n) is 13.3. The van der Waals surface area contributed by atoms with Gasteiger partial charge in [-0.15, -0.1) is 0 Å². The van der Waals surface area contributed by atoms with Gasteiger partial charge in [-0.1, -0.05) is 19.9 Å². The van der Waals surface area contributed by atoms with Crippen molar-refractivity contribution in [3.8, 4) is 0 Å². The number of hydrogen-bond donors (Lipinski definition) is 1. The van der Waals surface area contributed by atoms with E-state index < -0.39 is 0 Å². The van der Waals surface area contributed by atoms with Crippen LogP contribution in [0.1, 0.15) is 57.2 Å². The Morgan fingerprint density at radius 1 is 1.14 bits per heavy atom. The number of hydrogen-bond acceptors (Lipinski definition) is 3. The summed E-state index contributed by atoms with van der Waals surface area (Å²) in [6.45, 7) is 6.30. The second-order valence-electron chi connectivity index (χ2n) is 7.01. The summed E-state index contributed by atoms with van der Waals surface area (Å²) in [5.41, 5.74) is 2.32. The number of rotatable bonds is 6. The highest BCUT2D eigenvalue weighted by Crippen LogP contribution is 2.31. The van der Waals surface area contributed by atoms with E-state index in [2.05, 4.69) is 36.3 Å². The summed E-state index contributed by atoms with van der Waals surface area (Å²) in [6.07, 6.45) is 8.77. The van der Waals surface area contributed by atoms with E-state index in [1.807, 2.05) is 6.20 Å². The second kappa shape index (κ2) is 6.89. The van der Waals surface area contributed by atoms with E-state index in [0.29, 0.717) is 12.7 Å². The molecule has 0 amide bonds. The largest absolute Gasteiger partial charge is 0.372 e. The molecule has 0 bridgehead atoms. The minimum absolute atomic E-state index is 0.425. The van der Waals surface area contributed by atoms with Gasteiger partial charge >= 0.3 is 0 Å². The zero-order chi connectivity index (χ0) is 14.7. The lowest BCUT2D eigenvalue weighted by Crippen LogP contribution is -2.26. The van der Waals surface area contributed by atoms with Crippen LogP contribution in [0.25, 0.3) is 0 Å². The maximum atomic E-state index is 6.06. The van der Waals surface area contributed by atoms with Crippen LogP contribution < -0.4 is 5.32 Å². The molecule has 2 aliphatic rings. The van der Waals surface area contributed by atoms with Gasteiger partial charge < -0.3 is 10.1 Å². The molecule has 1 heterocycles. The number of aromatic nitrogens is 1. The van der Waals surface area contributed by atoms with Crippen LogP contribution in [0.4, 0.5) is 0 Å². The highest BCUT2D eigenvalue weighted by atomic mass is 16.5. The van der Waals surface area contributed by atoms with E-state index in [1.54, 1.807) is 0 Å². The quantitative estimate of drug-likeness (QED) is 0.867. The highest BCUT2D eigenvalue weighted by Gasteiger charge is 2.25. The van der Waals surface area contributed by atoms with Crippen molar-refractivity contribution in [1.29, 1.82) is 0 Å². The van der Waals surface area contributed by atoms with Crippen LogP contribution >= 0.6 is 0 Å². The molecule has 1 N–H and O–H groups in total. The molecule has 3 unspecified atom stereocenters. The van der Waals surface area contributed by atoms with Gasteiger partial charge in [-0.25, -0.2) is 0 Å². The van der Waals surface area contributed by atoms with Crippen molar-refractivity contribution in [2.24, 2.45) is 11.8 Å². The van der Waals surface area contributed by atoms with Crippen molar-refractivity contribution in [1.82, 2.24) is 10.3 Å². The number of ether oxygens (including phenoxy) is 1. The van der Waals surface area contributed by atoms with Gasteiger partial charge in [-0.2, -0.15) is 0 Å². The molecule has 0 radical (unpaired) electrons. The van der Waals surface area contributed by atoms with Crippen LogP contribution in [0.5, 0.6) is 0 Å². The Morgan fingerprint density at radius 3 is 2.67 bits per heavy atom. The van der Waals surface area contributed by atoms with Crippen molar-refractivity contribution in [3.63, 3.8) is 0 Å². The van der Waals surface area contributed by atoms with Crippen molar-refractivity contribution < 1.29 is 4.74 Å². The minimum atomic E-state index is 0.425. The van der Waals surface area contributed by atoms with Gasteiger partial charge in [0.05, 0.1) is 18.4 Å². The number of nitrogens with zero attached hydrogens (tertiary/aromatic N) is 1. The molecule has 0 spiro atoms. The highest BCUT2D eigenvalue weighted by molar-refractivity contribution is 5.13. The van der Waals surface area contributed by atoms with Crippen LogP contribution in [0.2, 0.25) is 0 Å². The van der Waals surface area contributed by atoms with Gasteiger partial charge in [-0.05, 0) is 55.6 Å². The summed E-state index contributed by atoms with van der Waals surface area (Å²) >= 11 is 0. The van der Waals surface area contributed by atoms with Crippen molar-refractivity contribution >= 4 is 0 Å². The first-order valence-corrected chi connectivity index (χ1v) is 8.49. The molecule has 0 aliphatic heterocycles. The summed E-state index contributed by atoms with van der Waals surface area (Å²) in [4.78, 5) is 4.53. The maximum absolute atomic E-state index is 6.06. The first-order chi connectivity index (χ1) is 10.2. The Hall–Kier alpha value is -0.930. The predicted molar refractivity (Wildman–Crippen MR) is 84.9 cm³/mol. The van der Waals surface area contributed by atoms with Crippen molar-refractivity contribution in [2.45, 2.75) is 71.2 Å². The zero-order valence-corrected chi connectivity index (χ0v) is 13.3. The fourth-order valence-corrected chi connectivity index (χ4v) is 3.05. The third-order valence-corrected chi connectivity index (χ3v) is 5.08. The molecule has 3 nitrogen and oxygen atoms in total. The standard InChI is InChI=1S/C18H28N2O/c1-13-3-8-18(9-14(13)2)21-12-17-5-4-15(11-20-17)10-19-16-6-7-16/h4-5,11,13-14,16,18-19H,3,6-10,12H2,1-2H3. The molecule has 0 saturated heterocycles. The SMILES string of the molecule is CC1CCC(OCc2ccc(CNC3CC3)cn2)CC1C. The maximum Gasteiger partial charge on any atom is 0.0891 e. The lowest BCUT2D eigenvalue weighted by molar-refractivity contribution is -0.00876. The lowest BCUT2D eigenvalue weighted by atomic mass is 9.80. The van der Waals surface area contributed by atoms with Gasteiger partial charge in [0, 0.05) is 18.8 Å². The Morgan fingerprint density at radius 2 is 2.00 bits per heavy atom. The van der Waals surface area contributed by atoms with Crippen LogP contribution in [-0.4, -0.2) is 17.1 Å². The first kappa shape index (κ1) is 15.0. The Balaban J connectivity index is 1.42. The molecule has 1 aromatic rings. The molecule has 0 aromatic carbocycles. The fraction of sp³-hybridized carbons (Fsp3) is 0.722. The normalized spacial score (nSPS) is 29.5. The minimum Gasteiger partial charge on any atom is -0.372 e. The van der Waals surface area contributed by atoms with E-state index in [0.717, 1.165) is 30.1 Å². The van der Waals surface area contributed by atoms with E-state index in [4.69, 9.17) is 4.74 Å². The number of pyridine rings is 1. The van der Waals surface area contributed by atoms with Crippen LogP contribution in [0, 0.1) is 11.8 Å². The summed E-state index contributed by atoms with van der Waals surface area (Å²) in [6, 6.07) is 5.04. The molecular weight excluding hydrogens is 260 g/mol. The molecular formula is C18H28N2O. The Labute approximate surface area is 128 Å². The molecule has 116 valence electrons. The van der Waals surface area contributed by atoms with Crippen molar-refractivity contribution in [2.75, 3.05) is 0 Å². The summed E-state index contributed by atoms with van der Waals surface area (Å²) in [5.74, 6) is 1.63. The van der Waals surface area contributed by atoms with E-state index >= 15 is 0 Å². The third-order valence-electron chi connectivity index (χ3n) is 5.08. The van der Waals surface area contributed by atoms with E-state index in [9.17, 15) is 0 Å². The first-order valence-electron chi connectivity index (χ1n) is 8.49. The monoisotopic (exact) mass is 288 g/mol. The second-order valence-corrected chi connectivity index (χ2v) is 7.01. The smallest absolute Gasteiger partial charge is 0.0891 e. The number of nitrogens with one attached hydrogen (secondary N) is 1. The molecule has 2 saturated carbocycles. The average molecular weight is 288 g/mol. The van der Waals surface area contributed by atoms with E-state index in [1.165, 1.54) is 37.7 Å². The molecule has 2 aliphatic carbocycles. The predicted octanol–water partition coefficient (Wildman–Crippen LogP) is 3.67. The van der Waals surface area contributed by atoms with Gasteiger partial charge in [0.25, 0.3) is 0 Å². The van der Waals surface area contributed by atoms with Gasteiger partial charge in [0.15, 0.2) is 0 Å². The molecule has 21 heavy (non-hydrogen) atoms. The molecule has 1 aromatic heterocycles. The van der Waals surface area contributed by atoms with Gasteiger partial charge in [-0.3, -0.25) is 4.98 Å². The van der Waals surface area contributed by atoms with Gasteiger partial charge in [0.2, 0.25) is 0 Å². The average Bonchev–Trinajstić information content (AvgIpc) is 3.32.